The zero-order valence-corrected chi connectivity index (χ0v) is 8.26. The number of fused-ring (bicyclic) bond motifs is 1. The van der Waals surface area contributed by atoms with E-state index in [0.717, 1.165) is 10.2 Å². The number of ketones is 1. The Morgan fingerprint density at radius 2 is 2.36 bits per heavy atom. The maximum absolute atomic E-state index is 11.1. The van der Waals surface area contributed by atoms with E-state index in [2.05, 4.69) is 4.98 Å². The Morgan fingerprint density at radius 3 is 3.00 bits per heavy atom. The Hall–Kier alpha value is -1.73. The van der Waals surface area contributed by atoms with E-state index in [1.165, 1.54) is 18.3 Å². The minimum absolute atomic E-state index is 0.0373. The van der Waals surface area contributed by atoms with E-state index in [9.17, 15) is 4.79 Å². The summed E-state index contributed by atoms with van der Waals surface area (Å²) in [5.74, 6) is -0.0373. The number of aromatic nitrogens is 1. The third kappa shape index (κ3) is 1.38. The molecule has 0 saturated carbocycles. The molecule has 1 aromatic carbocycles. The van der Waals surface area contributed by atoms with Crippen LogP contribution in [-0.4, -0.2) is 10.8 Å². The van der Waals surface area contributed by atoms with Crippen LogP contribution in [0.5, 0.6) is 0 Å². The highest BCUT2D eigenvalue weighted by molar-refractivity contribution is 7.20. The molecule has 1 heterocycles. The van der Waals surface area contributed by atoms with Crippen molar-refractivity contribution in [2.75, 3.05) is 0 Å². The van der Waals surface area contributed by atoms with Gasteiger partial charge in [0.2, 0.25) is 0 Å². The maximum atomic E-state index is 11.1. The fourth-order valence-electron chi connectivity index (χ4n) is 1.15. The summed E-state index contributed by atoms with van der Waals surface area (Å²) >= 11 is 1.35. The van der Waals surface area contributed by atoms with Crippen molar-refractivity contribution < 1.29 is 4.79 Å². The van der Waals surface area contributed by atoms with Gasteiger partial charge in [0, 0.05) is 6.92 Å². The molecule has 2 rings (SSSR count). The van der Waals surface area contributed by atoms with Crippen molar-refractivity contribution in [3.8, 4) is 6.07 Å². The molecule has 0 bridgehead atoms. The largest absolute Gasteiger partial charge is 0.292 e. The molecule has 0 aliphatic heterocycles. The molecule has 0 spiro atoms. The third-order valence-corrected chi connectivity index (χ3v) is 2.96. The first-order valence-electron chi connectivity index (χ1n) is 4.02. The molecule has 4 heteroatoms. The molecule has 2 aromatic rings. The third-order valence-electron chi connectivity index (χ3n) is 1.82. The average molecular weight is 202 g/mol. The highest BCUT2D eigenvalue weighted by Crippen LogP contribution is 2.23. The molecule has 0 aliphatic rings. The highest BCUT2D eigenvalue weighted by Gasteiger charge is 2.07. The Labute approximate surface area is 84.6 Å². The van der Waals surface area contributed by atoms with Crippen LogP contribution in [0.25, 0.3) is 10.2 Å². The van der Waals surface area contributed by atoms with Crippen molar-refractivity contribution in [1.29, 1.82) is 5.26 Å². The van der Waals surface area contributed by atoms with Crippen molar-refractivity contribution >= 4 is 27.3 Å². The Morgan fingerprint density at radius 1 is 1.57 bits per heavy atom. The van der Waals surface area contributed by atoms with Crippen LogP contribution in [0.3, 0.4) is 0 Å². The topological polar surface area (TPSA) is 53.8 Å². The van der Waals surface area contributed by atoms with Gasteiger partial charge in [0.25, 0.3) is 0 Å². The molecule has 0 saturated heterocycles. The van der Waals surface area contributed by atoms with Gasteiger partial charge in [0.05, 0.1) is 21.8 Å². The molecule has 0 N–H and O–H groups in total. The van der Waals surface area contributed by atoms with Crippen molar-refractivity contribution in [2.45, 2.75) is 6.92 Å². The molecule has 3 nitrogen and oxygen atoms in total. The first-order valence-corrected chi connectivity index (χ1v) is 4.84. The summed E-state index contributed by atoms with van der Waals surface area (Å²) in [4.78, 5) is 15.2. The lowest BCUT2D eigenvalue weighted by Crippen LogP contribution is -1.88. The molecule has 0 atom stereocenters. The predicted molar refractivity (Wildman–Crippen MR) is 54.3 cm³/mol. The molecule has 14 heavy (non-hydrogen) atoms. The summed E-state index contributed by atoms with van der Waals surface area (Å²) in [6, 6.07) is 7.27. The summed E-state index contributed by atoms with van der Waals surface area (Å²) in [5.41, 5.74) is 1.29. The van der Waals surface area contributed by atoms with Crippen LogP contribution >= 0.6 is 11.3 Å². The first-order chi connectivity index (χ1) is 6.70. The van der Waals surface area contributed by atoms with Gasteiger partial charge < -0.3 is 0 Å². The van der Waals surface area contributed by atoms with Crippen LogP contribution in [0.1, 0.15) is 22.3 Å². The van der Waals surface area contributed by atoms with Gasteiger partial charge >= 0.3 is 0 Å². The van der Waals surface area contributed by atoms with Crippen LogP contribution in [0.4, 0.5) is 0 Å². The van der Waals surface area contributed by atoms with Crippen molar-refractivity contribution in [3.63, 3.8) is 0 Å². The van der Waals surface area contributed by atoms with Crippen LogP contribution in [0.2, 0.25) is 0 Å². The quantitative estimate of drug-likeness (QED) is 0.667. The SMILES string of the molecule is CC(=O)c1nc2cc(C#N)ccc2s1. The fourth-order valence-corrected chi connectivity index (χ4v) is 1.99. The number of thiazole rings is 1. The molecular weight excluding hydrogens is 196 g/mol. The Bertz CT molecular complexity index is 551. The second-order valence-electron chi connectivity index (χ2n) is 2.87. The molecule has 0 radical (unpaired) electrons. The van der Waals surface area contributed by atoms with Crippen molar-refractivity contribution in [3.05, 3.63) is 28.8 Å². The Kier molecular flexibility index (Phi) is 2.02. The van der Waals surface area contributed by atoms with E-state index in [0.29, 0.717) is 10.6 Å². The summed E-state index contributed by atoms with van der Waals surface area (Å²) in [5, 5.41) is 9.17. The number of carbonyl (C=O) groups is 1. The number of hydrogen-bond acceptors (Lipinski definition) is 4. The molecule has 68 valence electrons. The zero-order chi connectivity index (χ0) is 10.1. The molecule has 0 amide bonds. The maximum Gasteiger partial charge on any atom is 0.188 e. The number of benzene rings is 1. The van der Waals surface area contributed by atoms with E-state index in [1.807, 2.05) is 12.1 Å². The minimum atomic E-state index is -0.0373. The lowest BCUT2D eigenvalue weighted by molar-refractivity contribution is 0.101. The van der Waals surface area contributed by atoms with Crippen LogP contribution in [0, 0.1) is 11.3 Å². The van der Waals surface area contributed by atoms with Gasteiger partial charge in [-0.15, -0.1) is 11.3 Å². The van der Waals surface area contributed by atoms with Gasteiger partial charge in [-0.25, -0.2) is 4.98 Å². The molecule has 0 unspecified atom stereocenters. The van der Waals surface area contributed by atoms with Crippen LogP contribution in [0.15, 0.2) is 18.2 Å². The van der Waals surface area contributed by atoms with E-state index in [-0.39, 0.29) is 5.78 Å². The molecule has 1 aromatic heterocycles. The van der Waals surface area contributed by atoms with Gasteiger partial charge in [-0.2, -0.15) is 5.26 Å². The normalized spacial score (nSPS) is 10.0. The second-order valence-corrected chi connectivity index (χ2v) is 3.90. The van der Waals surface area contributed by atoms with Crippen molar-refractivity contribution in [2.24, 2.45) is 0 Å². The summed E-state index contributed by atoms with van der Waals surface area (Å²) in [6.07, 6.45) is 0. The lowest BCUT2D eigenvalue weighted by atomic mass is 10.2. The van der Waals surface area contributed by atoms with E-state index >= 15 is 0 Å². The Balaban J connectivity index is 2.67. The number of carbonyl (C=O) groups excluding carboxylic acids is 1. The summed E-state index contributed by atoms with van der Waals surface area (Å²) in [6.45, 7) is 1.49. The van der Waals surface area contributed by atoms with Gasteiger partial charge in [0.1, 0.15) is 0 Å². The molecule has 0 fully saturated rings. The second kappa shape index (κ2) is 3.20. The number of nitrogens with zero attached hydrogens (tertiary/aromatic N) is 2. The summed E-state index contributed by atoms with van der Waals surface area (Å²) in [7, 11) is 0. The predicted octanol–water partition coefficient (Wildman–Crippen LogP) is 2.37. The monoisotopic (exact) mass is 202 g/mol. The van der Waals surface area contributed by atoms with Gasteiger partial charge in [-0.05, 0) is 18.2 Å². The van der Waals surface area contributed by atoms with E-state index in [1.54, 1.807) is 12.1 Å². The van der Waals surface area contributed by atoms with Crippen LogP contribution in [-0.2, 0) is 0 Å². The van der Waals surface area contributed by atoms with Gasteiger partial charge in [-0.1, -0.05) is 0 Å². The smallest absolute Gasteiger partial charge is 0.188 e. The van der Waals surface area contributed by atoms with Gasteiger partial charge in [-0.3, -0.25) is 4.79 Å². The van der Waals surface area contributed by atoms with E-state index in [4.69, 9.17) is 5.26 Å². The van der Waals surface area contributed by atoms with E-state index < -0.39 is 0 Å². The lowest BCUT2D eigenvalue weighted by Gasteiger charge is -1.86. The average Bonchev–Trinajstić information content (AvgIpc) is 2.59. The number of rotatable bonds is 1. The van der Waals surface area contributed by atoms with Crippen molar-refractivity contribution in [1.82, 2.24) is 4.98 Å². The number of hydrogen-bond donors (Lipinski definition) is 0. The van der Waals surface area contributed by atoms with Crippen LogP contribution < -0.4 is 0 Å². The summed E-state index contributed by atoms with van der Waals surface area (Å²) < 4.78 is 0.939. The van der Waals surface area contributed by atoms with Gasteiger partial charge in [0.15, 0.2) is 10.8 Å². The highest BCUT2D eigenvalue weighted by atomic mass is 32.1. The zero-order valence-electron chi connectivity index (χ0n) is 7.44. The molecule has 0 aliphatic carbocycles. The number of Topliss-reactive ketones (excluding diaryl/α,β-unsaturated/α-hetero) is 1. The molecular formula is C10H6N2OS. The fraction of sp³-hybridized carbons (Fsp3) is 0.100. The standard InChI is InChI=1S/C10H6N2OS/c1-6(13)10-12-8-4-7(5-11)2-3-9(8)14-10/h2-4H,1H3. The minimum Gasteiger partial charge on any atom is -0.292 e. The first kappa shape index (κ1) is 8.85. The number of nitriles is 1.